The van der Waals surface area contributed by atoms with Crippen LogP contribution in [-0.4, -0.2) is 30.0 Å². The molecule has 0 aliphatic rings. The Morgan fingerprint density at radius 1 is 1.00 bits per heavy atom. The SMILES string of the molecule is Cc1ccccc1NC(=O)c1ccnc(Nc2ccc(N(C)C)cc2)n1. The molecule has 1 heterocycles. The summed E-state index contributed by atoms with van der Waals surface area (Å²) in [6.07, 6.45) is 1.57. The van der Waals surface area contributed by atoms with Gasteiger partial charge >= 0.3 is 0 Å². The van der Waals surface area contributed by atoms with E-state index in [4.69, 9.17) is 0 Å². The second-order valence-electron chi connectivity index (χ2n) is 6.10. The summed E-state index contributed by atoms with van der Waals surface area (Å²) < 4.78 is 0. The minimum Gasteiger partial charge on any atom is -0.378 e. The van der Waals surface area contributed by atoms with Crippen molar-refractivity contribution in [1.82, 2.24) is 9.97 Å². The average Bonchev–Trinajstić information content (AvgIpc) is 2.64. The van der Waals surface area contributed by atoms with Crippen molar-refractivity contribution in [3.05, 3.63) is 72.1 Å². The lowest BCUT2D eigenvalue weighted by Gasteiger charge is -2.13. The van der Waals surface area contributed by atoms with Gasteiger partial charge in [0.2, 0.25) is 5.95 Å². The Bertz CT molecular complexity index is 906. The maximum atomic E-state index is 12.5. The summed E-state index contributed by atoms with van der Waals surface area (Å²) in [5, 5.41) is 5.99. The van der Waals surface area contributed by atoms with Gasteiger partial charge in [0.05, 0.1) is 0 Å². The van der Waals surface area contributed by atoms with Gasteiger partial charge in [0.25, 0.3) is 5.91 Å². The molecule has 1 aromatic heterocycles. The molecule has 3 rings (SSSR count). The number of para-hydroxylation sites is 1. The largest absolute Gasteiger partial charge is 0.378 e. The minimum absolute atomic E-state index is 0.271. The fourth-order valence-electron chi connectivity index (χ4n) is 2.42. The van der Waals surface area contributed by atoms with Crippen LogP contribution in [0.25, 0.3) is 0 Å². The number of aryl methyl sites for hydroxylation is 1. The van der Waals surface area contributed by atoms with Gasteiger partial charge in [-0.1, -0.05) is 18.2 Å². The fraction of sp³-hybridized carbons (Fsp3) is 0.150. The first-order valence-corrected chi connectivity index (χ1v) is 8.27. The summed E-state index contributed by atoms with van der Waals surface area (Å²) >= 11 is 0. The zero-order chi connectivity index (χ0) is 18.5. The summed E-state index contributed by atoms with van der Waals surface area (Å²) in [7, 11) is 3.98. The molecule has 6 nitrogen and oxygen atoms in total. The predicted octanol–water partition coefficient (Wildman–Crippen LogP) is 3.85. The highest BCUT2D eigenvalue weighted by Gasteiger charge is 2.10. The standard InChI is InChI=1S/C20H21N5O/c1-14-6-4-5-7-17(14)23-19(26)18-12-13-21-20(24-18)22-15-8-10-16(11-9-15)25(2)3/h4-13H,1-3H3,(H,23,26)(H,21,22,24). The topological polar surface area (TPSA) is 70.2 Å². The molecule has 0 aliphatic heterocycles. The van der Waals surface area contributed by atoms with Gasteiger partial charge in [-0.25, -0.2) is 9.97 Å². The first kappa shape index (κ1) is 17.4. The second-order valence-corrected chi connectivity index (χ2v) is 6.10. The van der Waals surface area contributed by atoms with Crippen LogP contribution >= 0.6 is 0 Å². The van der Waals surface area contributed by atoms with E-state index in [1.54, 1.807) is 12.3 Å². The minimum atomic E-state index is -0.271. The lowest BCUT2D eigenvalue weighted by molar-refractivity contribution is 0.102. The molecule has 0 fully saturated rings. The van der Waals surface area contributed by atoms with E-state index < -0.39 is 0 Å². The first-order chi connectivity index (χ1) is 12.5. The lowest BCUT2D eigenvalue weighted by Crippen LogP contribution is -2.15. The summed E-state index contributed by atoms with van der Waals surface area (Å²) in [5.41, 5.74) is 4.02. The highest BCUT2D eigenvalue weighted by atomic mass is 16.1. The third kappa shape index (κ3) is 4.16. The van der Waals surface area contributed by atoms with E-state index in [9.17, 15) is 4.79 Å². The molecule has 0 saturated carbocycles. The van der Waals surface area contributed by atoms with E-state index in [-0.39, 0.29) is 5.91 Å². The number of hydrogen-bond donors (Lipinski definition) is 2. The van der Waals surface area contributed by atoms with Crippen molar-refractivity contribution in [2.45, 2.75) is 6.92 Å². The Morgan fingerprint density at radius 3 is 2.42 bits per heavy atom. The number of nitrogens with one attached hydrogen (secondary N) is 2. The van der Waals surface area contributed by atoms with Crippen LogP contribution < -0.4 is 15.5 Å². The van der Waals surface area contributed by atoms with Crippen molar-refractivity contribution in [3.8, 4) is 0 Å². The molecule has 0 atom stereocenters. The van der Waals surface area contributed by atoms with Crippen LogP contribution in [0.2, 0.25) is 0 Å². The Morgan fingerprint density at radius 2 is 1.73 bits per heavy atom. The van der Waals surface area contributed by atoms with Crippen molar-refractivity contribution < 1.29 is 4.79 Å². The zero-order valence-electron chi connectivity index (χ0n) is 15.0. The quantitative estimate of drug-likeness (QED) is 0.734. The number of anilines is 4. The Kier molecular flexibility index (Phi) is 5.12. The normalized spacial score (nSPS) is 10.3. The molecule has 1 amide bonds. The summed E-state index contributed by atoms with van der Waals surface area (Å²) in [4.78, 5) is 23.0. The zero-order valence-corrected chi connectivity index (χ0v) is 15.0. The molecule has 0 saturated heterocycles. The summed E-state index contributed by atoms with van der Waals surface area (Å²) in [5.74, 6) is 0.104. The van der Waals surface area contributed by atoms with Crippen LogP contribution in [0.1, 0.15) is 16.1 Å². The maximum Gasteiger partial charge on any atom is 0.274 e. The Labute approximate surface area is 152 Å². The second kappa shape index (κ2) is 7.65. The molecule has 3 aromatic rings. The molecule has 0 unspecified atom stereocenters. The van der Waals surface area contributed by atoms with Crippen LogP contribution in [0.3, 0.4) is 0 Å². The van der Waals surface area contributed by atoms with Crippen molar-refractivity contribution in [2.75, 3.05) is 29.6 Å². The highest BCUT2D eigenvalue weighted by Crippen LogP contribution is 2.19. The first-order valence-electron chi connectivity index (χ1n) is 8.27. The van der Waals surface area contributed by atoms with Crippen LogP contribution in [0.5, 0.6) is 0 Å². The van der Waals surface area contributed by atoms with Gasteiger partial charge in [-0.3, -0.25) is 4.79 Å². The van der Waals surface area contributed by atoms with Crippen LogP contribution in [0, 0.1) is 6.92 Å². The van der Waals surface area contributed by atoms with E-state index in [1.165, 1.54) is 0 Å². The van der Waals surface area contributed by atoms with Crippen molar-refractivity contribution in [3.63, 3.8) is 0 Å². The number of carbonyl (C=O) groups is 1. The van der Waals surface area contributed by atoms with Crippen molar-refractivity contribution in [1.29, 1.82) is 0 Å². The smallest absolute Gasteiger partial charge is 0.274 e. The molecule has 0 radical (unpaired) electrons. The van der Waals surface area contributed by atoms with Gasteiger partial charge in [0.1, 0.15) is 5.69 Å². The van der Waals surface area contributed by atoms with Crippen molar-refractivity contribution >= 4 is 28.9 Å². The van der Waals surface area contributed by atoms with Crippen molar-refractivity contribution in [2.24, 2.45) is 0 Å². The molecule has 132 valence electrons. The monoisotopic (exact) mass is 347 g/mol. The molecule has 2 aromatic carbocycles. The fourth-order valence-corrected chi connectivity index (χ4v) is 2.42. The molecular weight excluding hydrogens is 326 g/mol. The van der Waals surface area contributed by atoms with E-state index >= 15 is 0 Å². The molecule has 0 spiro atoms. The highest BCUT2D eigenvalue weighted by molar-refractivity contribution is 6.03. The van der Waals surface area contributed by atoms with E-state index in [2.05, 4.69) is 20.6 Å². The number of rotatable bonds is 5. The van der Waals surface area contributed by atoms with E-state index in [0.717, 1.165) is 22.6 Å². The van der Waals surface area contributed by atoms with Gasteiger partial charge in [-0.15, -0.1) is 0 Å². The van der Waals surface area contributed by atoms with Crippen LogP contribution in [0.4, 0.5) is 23.0 Å². The number of amides is 1. The third-order valence-electron chi connectivity index (χ3n) is 3.92. The molecule has 2 N–H and O–H groups in total. The number of aromatic nitrogens is 2. The van der Waals surface area contributed by atoms with Gasteiger partial charge in [-0.05, 0) is 48.9 Å². The molecule has 0 bridgehead atoms. The molecule has 6 heteroatoms. The van der Waals surface area contributed by atoms with Gasteiger partial charge in [0, 0.05) is 37.4 Å². The van der Waals surface area contributed by atoms with Gasteiger partial charge < -0.3 is 15.5 Å². The molecule has 26 heavy (non-hydrogen) atoms. The predicted molar refractivity (Wildman–Crippen MR) is 105 cm³/mol. The maximum absolute atomic E-state index is 12.5. The van der Waals surface area contributed by atoms with Gasteiger partial charge in [-0.2, -0.15) is 0 Å². The summed E-state index contributed by atoms with van der Waals surface area (Å²) in [6.45, 7) is 1.94. The number of carbonyl (C=O) groups excluding carboxylic acids is 1. The van der Waals surface area contributed by atoms with Gasteiger partial charge in [0.15, 0.2) is 0 Å². The van der Waals surface area contributed by atoms with Crippen LogP contribution in [0.15, 0.2) is 60.8 Å². The summed E-state index contributed by atoms with van der Waals surface area (Å²) in [6, 6.07) is 17.1. The number of benzene rings is 2. The molecule has 0 aliphatic carbocycles. The Hall–Kier alpha value is -3.41. The van der Waals surface area contributed by atoms with E-state index in [0.29, 0.717) is 11.6 Å². The lowest BCUT2D eigenvalue weighted by atomic mass is 10.2. The third-order valence-corrected chi connectivity index (χ3v) is 3.92. The van der Waals surface area contributed by atoms with E-state index in [1.807, 2.05) is 74.4 Å². The number of hydrogen-bond acceptors (Lipinski definition) is 5. The Balaban J connectivity index is 1.73. The number of nitrogens with zero attached hydrogens (tertiary/aromatic N) is 3. The molecular formula is C20H21N5O. The average molecular weight is 347 g/mol. The van der Waals surface area contributed by atoms with Crippen LogP contribution in [-0.2, 0) is 0 Å².